The Balaban J connectivity index is 2.13. The van der Waals surface area contributed by atoms with E-state index in [1.807, 2.05) is 42.9 Å². The van der Waals surface area contributed by atoms with Gasteiger partial charge in [0.2, 0.25) is 0 Å². The van der Waals surface area contributed by atoms with Gasteiger partial charge in [0.15, 0.2) is 5.78 Å². The van der Waals surface area contributed by atoms with Crippen molar-refractivity contribution in [2.75, 3.05) is 0 Å². The number of carbonyl (C=O) groups is 1. The van der Waals surface area contributed by atoms with Gasteiger partial charge < -0.3 is 0 Å². The third kappa shape index (κ3) is 3.32. The van der Waals surface area contributed by atoms with Crippen LogP contribution in [0.25, 0.3) is 0 Å². The lowest BCUT2D eigenvalue weighted by atomic mass is 10.1. The molecule has 2 aromatic heterocycles. The molecule has 0 N–H and O–H groups in total. The number of rotatable bonds is 5. The van der Waals surface area contributed by atoms with Gasteiger partial charge in [-0.1, -0.05) is 6.92 Å². The quantitative estimate of drug-likeness (QED) is 0.784. The van der Waals surface area contributed by atoms with E-state index in [4.69, 9.17) is 0 Å². The molecule has 0 aliphatic rings. The van der Waals surface area contributed by atoms with Crippen molar-refractivity contribution in [3.05, 3.63) is 47.0 Å². The molecule has 0 amide bonds. The van der Waals surface area contributed by atoms with Gasteiger partial charge in [0.1, 0.15) is 0 Å². The molecule has 1 atom stereocenters. The predicted octanol–water partition coefficient (Wildman–Crippen LogP) is 3.29. The van der Waals surface area contributed by atoms with E-state index in [-0.39, 0.29) is 5.78 Å². The highest BCUT2D eigenvalue weighted by molar-refractivity contribution is 5.97. The van der Waals surface area contributed by atoms with Crippen LogP contribution in [0.4, 0.5) is 0 Å². The molecule has 0 bridgehead atoms. The van der Waals surface area contributed by atoms with Crippen LogP contribution in [0.3, 0.4) is 0 Å². The van der Waals surface area contributed by atoms with Crippen LogP contribution in [0, 0.1) is 13.8 Å². The van der Waals surface area contributed by atoms with Crippen molar-refractivity contribution in [3.63, 3.8) is 0 Å². The zero-order valence-corrected chi connectivity index (χ0v) is 12.6. The van der Waals surface area contributed by atoms with Crippen molar-refractivity contribution in [2.24, 2.45) is 0 Å². The number of hydrogen-bond donors (Lipinski definition) is 0. The number of pyridine rings is 1. The second kappa shape index (κ2) is 5.99. The van der Waals surface area contributed by atoms with Gasteiger partial charge in [-0.3, -0.25) is 14.5 Å². The predicted molar refractivity (Wildman–Crippen MR) is 79.0 cm³/mol. The highest BCUT2D eigenvalue weighted by Gasteiger charge is 2.12. The summed E-state index contributed by atoms with van der Waals surface area (Å²) in [5.74, 6) is 0.0907. The molecule has 0 aromatic carbocycles. The van der Waals surface area contributed by atoms with Crippen LogP contribution < -0.4 is 0 Å². The summed E-state index contributed by atoms with van der Waals surface area (Å²) in [4.78, 5) is 16.6. The highest BCUT2D eigenvalue weighted by Crippen LogP contribution is 2.12. The first kappa shape index (κ1) is 14.4. The van der Waals surface area contributed by atoms with Crippen molar-refractivity contribution in [1.82, 2.24) is 14.8 Å². The summed E-state index contributed by atoms with van der Waals surface area (Å²) < 4.78 is 1.92. The molecule has 20 heavy (non-hydrogen) atoms. The second-order valence-corrected chi connectivity index (χ2v) is 5.28. The van der Waals surface area contributed by atoms with Gasteiger partial charge in [0, 0.05) is 29.2 Å². The van der Waals surface area contributed by atoms with Crippen LogP contribution in [0.2, 0.25) is 0 Å². The Labute approximate surface area is 119 Å². The molecular formula is C16H21N3O. The molecule has 0 saturated heterocycles. The SMILES string of the molecule is CCC(C)n1ccc(CC(=O)c2cc(C)nc(C)c2)n1. The van der Waals surface area contributed by atoms with Gasteiger partial charge in [-0.25, -0.2) is 0 Å². The fraction of sp³-hybridized carbons (Fsp3) is 0.438. The van der Waals surface area contributed by atoms with E-state index in [1.54, 1.807) is 0 Å². The minimum atomic E-state index is 0.0907. The van der Waals surface area contributed by atoms with Crippen LogP contribution >= 0.6 is 0 Å². The minimum Gasteiger partial charge on any atom is -0.294 e. The first-order valence-corrected chi connectivity index (χ1v) is 7.02. The van der Waals surface area contributed by atoms with E-state index in [0.29, 0.717) is 18.0 Å². The molecule has 2 rings (SSSR count). The lowest BCUT2D eigenvalue weighted by Crippen LogP contribution is -2.08. The lowest BCUT2D eigenvalue weighted by Gasteiger charge is -2.08. The average Bonchev–Trinajstić information content (AvgIpc) is 2.85. The van der Waals surface area contributed by atoms with E-state index < -0.39 is 0 Å². The first-order valence-electron chi connectivity index (χ1n) is 7.02. The largest absolute Gasteiger partial charge is 0.294 e. The zero-order valence-electron chi connectivity index (χ0n) is 12.6. The van der Waals surface area contributed by atoms with Crippen molar-refractivity contribution in [1.29, 1.82) is 0 Å². The molecular weight excluding hydrogens is 250 g/mol. The van der Waals surface area contributed by atoms with Crippen LogP contribution in [-0.2, 0) is 6.42 Å². The van der Waals surface area contributed by atoms with Crippen molar-refractivity contribution < 1.29 is 4.79 Å². The Morgan fingerprint density at radius 3 is 2.55 bits per heavy atom. The molecule has 0 aliphatic heterocycles. The molecule has 106 valence electrons. The number of aryl methyl sites for hydroxylation is 2. The normalized spacial score (nSPS) is 12.4. The molecule has 0 spiro atoms. The summed E-state index contributed by atoms with van der Waals surface area (Å²) in [6, 6.07) is 5.96. The summed E-state index contributed by atoms with van der Waals surface area (Å²) in [6.07, 6.45) is 3.31. The first-order chi connectivity index (χ1) is 9.49. The Bertz CT molecular complexity index is 596. The molecule has 2 aromatic rings. The zero-order chi connectivity index (χ0) is 14.7. The topological polar surface area (TPSA) is 47.8 Å². The molecule has 1 unspecified atom stereocenters. The maximum atomic E-state index is 12.3. The third-order valence-corrected chi connectivity index (χ3v) is 3.45. The fourth-order valence-corrected chi connectivity index (χ4v) is 2.17. The van der Waals surface area contributed by atoms with E-state index >= 15 is 0 Å². The number of ketones is 1. The van der Waals surface area contributed by atoms with Crippen LogP contribution in [-0.4, -0.2) is 20.5 Å². The Morgan fingerprint density at radius 2 is 1.95 bits per heavy atom. The lowest BCUT2D eigenvalue weighted by molar-refractivity contribution is 0.0991. The average molecular weight is 271 g/mol. The number of carbonyl (C=O) groups excluding carboxylic acids is 1. The van der Waals surface area contributed by atoms with E-state index in [0.717, 1.165) is 23.5 Å². The van der Waals surface area contributed by atoms with Crippen molar-refractivity contribution >= 4 is 5.78 Å². The molecule has 4 heteroatoms. The van der Waals surface area contributed by atoms with Crippen LogP contribution in [0.15, 0.2) is 24.4 Å². The highest BCUT2D eigenvalue weighted by atomic mass is 16.1. The molecule has 4 nitrogen and oxygen atoms in total. The minimum absolute atomic E-state index is 0.0907. The third-order valence-electron chi connectivity index (χ3n) is 3.45. The molecule has 2 heterocycles. The maximum absolute atomic E-state index is 12.3. The van der Waals surface area contributed by atoms with E-state index in [9.17, 15) is 4.79 Å². The number of Topliss-reactive ketones (excluding diaryl/α,β-unsaturated/α-hetero) is 1. The van der Waals surface area contributed by atoms with Gasteiger partial charge in [0.25, 0.3) is 0 Å². The summed E-state index contributed by atoms with van der Waals surface area (Å²) in [7, 11) is 0. The van der Waals surface area contributed by atoms with Crippen LogP contribution in [0.1, 0.15) is 53.7 Å². The monoisotopic (exact) mass is 271 g/mol. The number of nitrogens with zero attached hydrogens (tertiary/aromatic N) is 3. The standard InChI is InChI=1S/C16H21N3O/c1-5-13(4)19-7-6-15(18-19)10-16(20)14-8-11(2)17-12(3)9-14/h6-9,13H,5,10H2,1-4H3. The molecule has 0 fully saturated rings. The maximum Gasteiger partial charge on any atom is 0.169 e. The molecule has 0 radical (unpaired) electrons. The Morgan fingerprint density at radius 1 is 1.30 bits per heavy atom. The molecule has 0 aliphatic carbocycles. The van der Waals surface area contributed by atoms with Gasteiger partial charge >= 0.3 is 0 Å². The van der Waals surface area contributed by atoms with E-state index in [2.05, 4.69) is 23.9 Å². The van der Waals surface area contributed by atoms with Crippen molar-refractivity contribution in [3.8, 4) is 0 Å². The number of aromatic nitrogens is 3. The summed E-state index contributed by atoms with van der Waals surface area (Å²) in [6.45, 7) is 8.05. The van der Waals surface area contributed by atoms with Gasteiger partial charge in [0.05, 0.1) is 12.1 Å². The van der Waals surface area contributed by atoms with E-state index in [1.165, 1.54) is 0 Å². The van der Waals surface area contributed by atoms with Gasteiger partial charge in [-0.15, -0.1) is 0 Å². The molecule has 0 saturated carbocycles. The Kier molecular flexibility index (Phi) is 4.32. The van der Waals surface area contributed by atoms with Gasteiger partial charge in [-0.05, 0) is 45.4 Å². The van der Waals surface area contributed by atoms with Crippen molar-refractivity contribution in [2.45, 2.75) is 46.6 Å². The second-order valence-electron chi connectivity index (χ2n) is 5.28. The smallest absolute Gasteiger partial charge is 0.169 e. The summed E-state index contributed by atoms with van der Waals surface area (Å²) >= 11 is 0. The summed E-state index contributed by atoms with van der Waals surface area (Å²) in [5.41, 5.74) is 3.28. The summed E-state index contributed by atoms with van der Waals surface area (Å²) in [5, 5.41) is 4.47. The Hall–Kier alpha value is -1.97. The van der Waals surface area contributed by atoms with Gasteiger partial charge in [-0.2, -0.15) is 5.10 Å². The van der Waals surface area contributed by atoms with Crippen LogP contribution in [0.5, 0.6) is 0 Å². The fourth-order valence-electron chi connectivity index (χ4n) is 2.17. The number of hydrogen-bond acceptors (Lipinski definition) is 3.